The van der Waals surface area contributed by atoms with Crippen LogP contribution in [0.3, 0.4) is 0 Å². The van der Waals surface area contributed by atoms with Gasteiger partial charge in [0.05, 0.1) is 5.41 Å². The summed E-state index contributed by atoms with van der Waals surface area (Å²) in [5.74, 6) is 0. The number of nitrogens with zero attached hydrogens (tertiary/aromatic N) is 1. The number of benzene rings is 11. The van der Waals surface area contributed by atoms with Crippen LogP contribution in [0.4, 0.5) is 17.1 Å². The van der Waals surface area contributed by atoms with Crippen molar-refractivity contribution >= 4 is 70.5 Å². The monoisotopic (exact) mass is 949 g/mol. The largest absolute Gasteiger partial charge is 0.456 e. The molecule has 0 unspecified atom stereocenters. The minimum Gasteiger partial charge on any atom is -0.456 e. The Balaban J connectivity index is 0.878. The predicted molar refractivity (Wildman–Crippen MR) is 307 cm³/mol. The number of thiophene rings is 1. The summed E-state index contributed by atoms with van der Waals surface area (Å²) >= 11 is 1.86. The van der Waals surface area contributed by atoms with E-state index in [2.05, 4.69) is 255 Å². The SMILES string of the molecule is CC1(C)c2cc(-c3ccc4oc5ccccc5c4c3)ccc2-c2ccc(N(c3ccc(-c4ccc5sc6ccccc6c5c4)cc3)c3ccc4c(c3)-c3ccccc3C4(c3ccccc3)c3ccccc3)cc21. The molecule has 11 aromatic carbocycles. The number of furan rings is 1. The number of rotatable bonds is 7. The molecule has 344 valence electrons. The molecule has 0 N–H and O–H groups in total. The van der Waals surface area contributed by atoms with Gasteiger partial charge in [-0.25, -0.2) is 0 Å². The molecule has 0 fully saturated rings. The Kier molecular flexibility index (Phi) is 9.12. The third-order valence-corrected chi connectivity index (χ3v) is 17.3. The van der Waals surface area contributed by atoms with Gasteiger partial charge in [0, 0.05) is 53.4 Å². The second-order valence-corrected chi connectivity index (χ2v) is 21.5. The first kappa shape index (κ1) is 42.0. The van der Waals surface area contributed by atoms with E-state index in [4.69, 9.17) is 4.42 Å². The Bertz CT molecular complexity index is 4310. The molecule has 2 aromatic heterocycles. The highest BCUT2D eigenvalue weighted by Crippen LogP contribution is 2.58. The Morgan fingerprint density at radius 1 is 0.329 bits per heavy atom. The van der Waals surface area contributed by atoms with Crippen LogP contribution in [-0.2, 0) is 10.8 Å². The van der Waals surface area contributed by atoms with Crippen LogP contribution in [0.15, 0.2) is 253 Å². The van der Waals surface area contributed by atoms with Crippen molar-refractivity contribution in [3.8, 4) is 44.5 Å². The van der Waals surface area contributed by atoms with E-state index in [1.54, 1.807) is 0 Å². The van der Waals surface area contributed by atoms with Crippen LogP contribution in [0, 0.1) is 0 Å². The summed E-state index contributed by atoms with van der Waals surface area (Å²) in [5.41, 5.74) is 22.1. The third-order valence-electron chi connectivity index (χ3n) is 16.2. The average Bonchev–Trinajstić information content (AvgIpc) is 4.17. The molecule has 73 heavy (non-hydrogen) atoms. The fraction of sp³-hybridized carbons (Fsp3) is 0.0571. The van der Waals surface area contributed by atoms with Crippen molar-refractivity contribution in [1.82, 2.24) is 0 Å². The molecule has 3 heteroatoms. The van der Waals surface area contributed by atoms with Gasteiger partial charge in [-0.05, 0) is 157 Å². The first-order valence-electron chi connectivity index (χ1n) is 25.3. The van der Waals surface area contributed by atoms with Crippen LogP contribution in [0.5, 0.6) is 0 Å². The fourth-order valence-corrected chi connectivity index (χ4v) is 13.8. The van der Waals surface area contributed by atoms with Crippen LogP contribution in [0.25, 0.3) is 86.6 Å². The zero-order chi connectivity index (χ0) is 48.4. The number of fused-ring (bicyclic) bond motifs is 12. The molecule has 0 spiro atoms. The lowest BCUT2D eigenvalue weighted by Gasteiger charge is -2.34. The first-order valence-corrected chi connectivity index (χ1v) is 26.1. The molecule has 0 radical (unpaired) electrons. The molecule has 2 aliphatic carbocycles. The van der Waals surface area contributed by atoms with E-state index in [1.807, 2.05) is 23.5 Å². The van der Waals surface area contributed by atoms with E-state index in [-0.39, 0.29) is 5.41 Å². The van der Waals surface area contributed by atoms with Crippen LogP contribution in [0.1, 0.15) is 47.2 Å². The zero-order valence-corrected chi connectivity index (χ0v) is 41.3. The van der Waals surface area contributed by atoms with E-state index in [9.17, 15) is 0 Å². The van der Waals surface area contributed by atoms with Crippen molar-refractivity contribution < 1.29 is 4.42 Å². The van der Waals surface area contributed by atoms with Gasteiger partial charge in [-0.15, -0.1) is 11.3 Å². The van der Waals surface area contributed by atoms with Crippen molar-refractivity contribution in [3.63, 3.8) is 0 Å². The molecule has 0 amide bonds. The molecule has 0 atom stereocenters. The Morgan fingerprint density at radius 3 is 1.66 bits per heavy atom. The second-order valence-electron chi connectivity index (χ2n) is 20.4. The lowest BCUT2D eigenvalue weighted by molar-refractivity contribution is 0.660. The van der Waals surface area contributed by atoms with E-state index < -0.39 is 5.41 Å². The molecule has 2 nitrogen and oxygen atoms in total. The number of anilines is 3. The van der Waals surface area contributed by atoms with Crippen molar-refractivity contribution in [2.45, 2.75) is 24.7 Å². The highest BCUT2D eigenvalue weighted by molar-refractivity contribution is 7.25. The summed E-state index contributed by atoms with van der Waals surface area (Å²) in [7, 11) is 0. The summed E-state index contributed by atoms with van der Waals surface area (Å²) in [6.45, 7) is 4.79. The summed E-state index contributed by atoms with van der Waals surface area (Å²) in [6.07, 6.45) is 0. The summed E-state index contributed by atoms with van der Waals surface area (Å²) < 4.78 is 8.86. The number of para-hydroxylation sites is 1. The second kappa shape index (κ2) is 15.9. The highest BCUT2D eigenvalue weighted by Gasteiger charge is 2.46. The fourth-order valence-electron chi connectivity index (χ4n) is 12.7. The Hall–Kier alpha value is -8.76. The van der Waals surface area contributed by atoms with Crippen LogP contribution in [0.2, 0.25) is 0 Å². The first-order chi connectivity index (χ1) is 35.9. The van der Waals surface area contributed by atoms with Crippen molar-refractivity contribution in [2.75, 3.05) is 4.90 Å². The molecule has 13 aromatic rings. The van der Waals surface area contributed by atoms with E-state index >= 15 is 0 Å². The van der Waals surface area contributed by atoms with Gasteiger partial charge in [-0.1, -0.05) is 184 Å². The lowest BCUT2D eigenvalue weighted by atomic mass is 9.68. The quantitative estimate of drug-likeness (QED) is 0.158. The summed E-state index contributed by atoms with van der Waals surface area (Å²) in [5, 5.41) is 4.92. The van der Waals surface area contributed by atoms with Gasteiger partial charge in [0.25, 0.3) is 0 Å². The topological polar surface area (TPSA) is 16.4 Å². The van der Waals surface area contributed by atoms with Gasteiger partial charge in [-0.2, -0.15) is 0 Å². The van der Waals surface area contributed by atoms with E-state index in [0.717, 1.165) is 39.0 Å². The minimum atomic E-state index is -0.478. The lowest BCUT2D eigenvalue weighted by Crippen LogP contribution is -2.28. The molecule has 0 saturated carbocycles. The van der Waals surface area contributed by atoms with Gasteiger partial charge < -0.3 is 9.32 Å². The molecular formula is C70H47NOS. The van der Waals surface area contributed by atoms with Gasteiger partial charge in [-0.3, -0.25) is 0 Å². The van der Waals surface area contributed by atoms with Crippen LogP contribution in [-0.4, -0.2) is 0 Å². The van der Waals surface area contributed by atoms with Crippen molar-refractivity contribution in [3.05, 3.63) is 282 Å². The summed E-state index contributed by atoms with van der Waals surface area (Å²) in [4.78, 5) is 2.47. The minimum absolute atomic E-state index is 0.259. The zero-order valence-electron chi connectivity index (χ0n) is 40.4. The molecular weight excluding hydrogens is 903 g/mol. The molecule has 2 heterocycles. The standard InChI is InChI=1S/C70H47NOS/c1-69(2)63-41-47(46-28-37-66-59(39-46)56-20-10-13-23-65(56)72-66)27-34-54(63)55-35-32-52(43-64(55)69)71(50-30-25-44(26-31-50)45-29-38-68-60(40-45)57-21-11-14-24-67(57)73-68)51-33-36-62-58(42-51)53-19-9-12-22-61(53)70(62,48-15-5-3-6-16-48)49-17-7-4-8-18-49/h3-43H,1-2H3. The normalized spacial score (nSPS) is 13.8. The van der Waals surface area contributed by atoms with Gasteiger partial charge in [0.1, 0.15) is 11.2 Å². The number of hydrogen-bond acceptors (Lipinski definition) is 3. The van der Waals surface area contributed by atoms with Crippen molar-refractivity contribution in [2.24, 2.45) is 0 Å². The van der Waals surface area contributed by atoms with E-state index in [0.29, 0.717) is 0 Å². The molecule has 0 aliphatic heterocycles. The Labute approximate surface area is 428 Å². The maximum absolute atomic E-state index is 6.22. The predicted octanol–water partition coefficient (Wildman–Crippen LogP) is 19.4. The van der Waals surface area contributed by atoms with Crippen molar-refractivity contribution in [1.29, 1.82) is 0 Å². The Morgan fingerprint density at radius 2 is 0.849 bits per heavy atom. The van der Waals surface area contributed by atoms with Crippen LogP contribution >= 0.6 is 11.3 Å². The van der Waals surface area contributed by atoms with E-state index in [1.165, 1.54) is 98.1 Å². The average molecular weight is 950 g/mol. The maximum atomic E-state index is 6.22. The molecule has 15 rings (SSSR count). The molecule has 0 saturated heterocycles. The summed E-state index contributed by atoms with van der Waals surface area (Å²) in [6, 6.07) is 92.5. The highest BCUT2D eigenvalue weighted by atomic mass is 32.1. The smallest absolute Gasteiger partial charge is 0.135 e. The van der Waals surface area contributed by atoms with Gasteiger partial charge in [0.2, 0.25) is 0 Å². The van der Waals surface area contributed by atoms with Crippen LogP contribution < -0.4 is 4.90 Å². The van der Waals surface area contributed by atoms with Gasteiger partial charge in [0.15, 0.2) is 0 Å². The van der Waals surface area contributed by atoms with Gasteiger partial charge >= 0.3 is 0 Å². The maximum Gasteiger partial charge on any atom is 0.135 e. The number of hydrogen-bond donors (Lipinski definition) is 0. The molecule has 0 bridgehead atoms. The molecule has 2 aliphatic rings. The third kappa shape index (κ3) is 6.22.